The molecule has 0 unspecified atom stereocenters. The summed E-state index contributed by atoms with van der Waals surface area (Å²) in [6.45, 7) is 18.8. The van der Waals surface area contributed by atoms with E-state index in [1.165, 1.54) is 11.1 Å². The first-order valence-corrected chi connectivity index (χ1v) is 13.2. The molecule has 1 rings (SSSR count). The van der Waals surface area contributed by atoms with Crippen LogP contribution in [-0.2, 0) is 31.5 Å². The van der Waals surface area contributed by atoms with Crippen LogP contribution in [0.3, 0.4) is 0 Å². The van der Waals surface area contributed by atoms with E-state index in [1.54, 1.807) is 0 Å². The molecule has 0 amide bonds. The van der Waals surface area contributed by atoms with Gasteiger partial charge in [0.15, 0.2) is 8.32 Å². The second kappa shape index (κ2) is 10.6. The standard InChI is InChI=1S/C23H40O4Si/c1-22(2,3)27-21(24)15-17-25-16-13-19-9-11-20(12-10-19)14-18-26-28(7,8)23(4,5)6/h9-12H,13-18H2,1-8H3. The van der Waals surface area contributed by atoms with E-state index < -0.39 is 13.9 Å². The molecule has 0 aliphatic rings. The van der Waals surface area contributed by atoms with Crippen molar-refractivity contribution in [2.24, 2.45) is 0 Å². The predicted molar refractivity (Wildman–Crippen MR) is 118 cm³/mol. The number of benzene rings is 1. The SMILES string of the molecule is CC(C)(C)OC(=O)CCOCCc1ccc(CCO[Si](C)(C)C(C)(C)C)cc1. The van der Waals surface area contributed by atoms with E-state index in [2.05, 4.69) is 58.1 Å². The first-order valence-electron chi connectivity index (χ1n) is 10.3. The third-order valence-corrected chi connectivity index (χ3v) is 9.63. The van der Waals surface area contributed by atoms with Crippen LogP contribution in [0.2, 0.25) is 18.1 Å². The van der Waals surface area contributed by atoms with Crippen LogP contribution in [0.4, 0.5) is 0 Å². The molecule has 0 saturated carbocycles. The van der Waals surface area contributed by atoms with Gasteiger partial charge in [0.05, 0.1) is 19.6 Å². The smallest absolute Gasteiger partial charge is 0.308 e. The molecule has 0 radical (unpaired) electrons. The van der Waals surface area contributed by atoms with Crippen LogP contribution in [0.5, 0.6) is 0 Å². The molecule has 1 aromatic carbocycles. The van der Waals surface area contributed by atoms with Gasteiger partial charge in [-0.1, -0.05) is 45.0 Å². The molecule has 4 nitrogen and oxygen atoms in total. The monoisotopic (exact) mass is 408 g/mol. The maximum Gasteiger partial charge on any atom is 0.308 e. The topological polar surface area (TPSA) is 44.8 Å². The molecule has 0 aromatic heterocycles. The predicted octanol–water partition coefficient (Wildman–Crippen LogP) is 5.54. The zero-order valence-corrected chi connectivity index (χ0v) is 20.2. The first-order chi connectivity index (χ1) is 12.8. The Balaban J connectivity index is 2.26. The number of carbonyl (C=O) groups is 1. The molecule has 0 spiro atoms. The van der Waals surface area contributed by atoms with E-state index in [0.29, 0.717) is 19.6 Å². The lowest BCUT2D eigenvalue weighted by Gasteiger charge is -2.36. The number of carbonyl (C=O) groups excluding carboxylic acids is 1. The Kier molecular flexibility index (Phi) is 9.38. The minimum atomic E-state index is -1.67. The van der Waals surface area contributed by atoms with Crippen molar-refractivity contribution >= 4 is 14.3 Å². The van der Waals surface area contributed by atoms with Crippen LogP contribution in [0.1, 0.15) is 59.1 Å². The van der Waals surface area contributed by atoms with Crippen LogP contribution in [0.25, 0.3) is 0 Å². The quantitative estimate of drug-likeness (QED) is 0.289. The zero-order valence-electron chi connectivity index (χ0n) is 19.2. The molecule has 0 aliphatic heterocycles. The Labute approximate surface area is 173 Å². The van der Waals surface area contributed by atoms with Crippen molar-refractivity contribution in [2.75, 3.05) is 19.8 Å². The molecule has 5 heteroatoms. The maximum absolute atomic E-state index is 11.6. The van der Waals surface area contributed by atoms with Gasteiger partial charge in [0, 0.05) is 6.61 Å². The van der Waals surface area contributed by atoms with Gasteiger partial charge in [-0.2, -0.15) is 0 Å². The highest BCUT2D eigenvalue weighted by Gasteiger charge is 2.36. The van der Waals surface area contributed by atoms with E-state index in [0.717, 1.165) is 19.4 Å². The fraction of sp³-hybridized carbons (Fsp3) is 0.696. The lowest BCUT2D eigenvalue weighted by Crippen LogP contribution is -2.41. The van der Waals surface area contributed by atoms with Crippen molar-refractivity contribution in [1.82, 2.24) is 0 Å². The van der Waals surface area contributed by atoms with Gasteiger partial charge in [-0.25, -0.2) is 0 Å². The number of ether oxygens (including phenoxy) is 2. The van der Waals surface area contributed by atoms with Gasteiger partial charge in [-0.05, 0) is 62.9 Å². The highest BCUT2D eigenvalue weighted by molar-refractivity contribution is 6.74. The first kappa shape index (κ1) is 24.9. The number of hydrogen-bond acceptors (Lipinski definition) is 4. The molecule has 0 atom stereocenters. The highest BCUT2D eigenvalue weighted by Crippen LogP contribution is 2.36. The van der Waals surface area contributed by atoms with E-state index in [1.807, 2.05) is 20.8 Å². The molecule has 0 heterocycles. The molecule has 0 aliphatic carbocycles. The van der Waals surface area contributed by atoms with Gasteiger partial charge in [0.25, 0.3) is 0 Å². The van der Waals surface area contributed by atoms with E-state index in [-0.39, 0.29) is 11.0 Å². The summed E-state index contributed by atoms with van der Waals surface area (Å²) in [5, 5.41) is 0.250. The average Bonchev–Trinajstić information content (AvgIpc) is 2.53. The van der Waals surface area contributed by atoms with E-state index >= 15 is 0 Å². The summed E-state index contributed by atoms with van der Waals surface area (Å²) in [5.74, 6) is -0.211. The second-order valence-corrected chi connectivity index (χ2v) is 14.7. The van der Waals surface area contributed by atoms with Gasteiger partial charge in [-0.3, -0.25) is 4.79 Å². The molecule has 28 heavy (non-hydrogen) atoms. The summed E-state index contributed by atoms with van der Waals surface area (Å²) in [6.07, 6.45) is 2.08. The van der Waals surface area contributed by atoms with Crippen molar-refractivity contribution in [2.45, 2.75) is 84.5 Å². The molecule has 0 bridgehead atoms. The Morgan fingerprint density at radius 2 is 1.36 bits per heavy atom. The third-order valence-electron chi connectivity index (χ3n) is 5.09. The fourth-order valence-corrected chi connectivity index (χ4v) is 3.40. The third kappa shape index (κ3) is 9.85. The van der Waals surface area contributed by atoms with Gasteiger partial charge in [0.2, 0.25) is 0 Å². The molecule has 0 fully saturated rings. The van der Waals surface area contributed by atoms with Crippen LogP contribution in [0, 0.1) is 0 Å². The van der Waals surface area contributed by atoms with Crippen LogP contribution >= 0.6 is 0 Å². The summed E-state index contributed by atoms with van der Waals surface area (Å²) in [7, 11) is -1.67. The molecule has 1 aromatic rings. The Morgan fingerprint density at radius 3 is 1.82 bits per heavy atom. The lowest BCUT2D eigenvalue weighted by molar-refractivity contribution is -0.156. The summed E-state index contributed by atoms with van der Waals surface area (Å²) >= 11 is 0. The van der Waals surface area contributed by atoms with Gasteiger partial charge in [0.1, 0.15) is 5.60 Å². The van der Waals surface area contributed by atoms with Crippen molar-refractivity contribution in [3.05, 3.63) is 35.4 Å². The minimum Gasteiger partial charge on any atom is -0.460 e. The Morgan fingerprint density at radius 1 is 0.857 bits per heavy atom. The van der Waals surface area contributed by atoms with Crippen molar-refractivity contribution in [3.8, 4) is 0 Å². The Hall–Kier alpha value is -1.17. The maximum atomic E-state index is 11.6. The van der Waals surface area contributed by atoms with Crippen LogP contribution < -0.4 is 0 Å². The van der Waals surface area contributed by atoms with Gasteiger partial charge in [-0.15, -0.1) is 0 Å². The lowest BCUT2D eigenvalue weighted by atomic mass is 10.1. The minimum absolute atomic E-state index is 0.211. The summed E-state index contributed by atoms with van der Waals surface area (Å²) in [5.41, 5.74) is 2.11. The fourth-order valence-electron chi connectivity index (χ4n) is 2.35. The normalized spacial score (nSPS) is 12.9. The summed E-state index contributed by atoms with van der Waals surface area (Å²) in [6, 6.07) is 8.65. The molecule has 0 N–H and O–H groups in total. The summed E-state index contributed by atoms with van der Waals surface area (Å²) in [4.78, 5) is 11.6. The molecular weight excluding hydrogens is 368 g/mol. The van der Waals surface area contributed by atoms with E-state index in [4.69, 9.17) is 13.9 Å². The highest BCUT2D eigenvalue weighted by atomic mass is 28.4. The van der Waals surface area contributed by atoms with Gasteiger partial charge < -0.3 is 13.9 Å². The van der Waals surface area contributed by atoms with Crippen molar-refractivity contribution in [3.63, 3.8) is 0 Å². The number of esters is 1. The number of rotatable bonds is 10. The summed E-state index contributed by atoms with van der Waals surface area (Å²) < 4.78 is 17.1. The van der Waals surface area contributed by atoms with Crippen molar-refractivity contribution in [1.29, 1.82) is 0 Å². The molecule has 0 saturated heterocycles. The molecular formula is C23H40O4Si. The second-order valence-electron chi connectivity index (χ2n) is 9.87. The zero-order chi connectivity index (χ0) is 21.4. The van der Waals surface area contributed by atoms with E-state index in [9.17, 15) is 4.79 Å². The van der Waals surface area contributed by atoms with Crippen LogP contribution in [0.15, 0.2) is 24.3 Å². The largest absolute Gasteiger partial charge is 0.460 e. The van der Waals surface area contributed by atoms with Gasteiger partial charge >= 0.3 is 5.97 Å². The number of hydrogen-bond donors (Lipinski definition) is 0. The Bertz CT molecular complexity index is 595. The average molecular weight is 409 g/mol. The van der Waals surface area contributed by atoms with Crippen LogP contribution in [-0.4, -0.2) is 39.7 Å². The van der Waals surface area contributed by atoms with Crippen molar-refractivity contribution < 1.29 is 18.7 Å². The molecule has 160 valence electrons.